The molecule has 0 atom stereocenters. The number of hydrogen-bond donors (Lipinski definition) is 0. The lowest BCUT2D eigenvalue weighted by Crippen LogP contribution is -2.35. The van der Waals surface area contributed by atoms with Gasteiger partial charge in [0.1, 0.15) is 0 Å². The molecule has 0 unspecified atom stereocenters. The molecular weight excluding hydrogens is 232 g/mol. The van der Waals surface area contributed by atoms with E-state index < -0.39 is 14.5 Å². The van der Waals surface area contributed by atoms with E-state index in [2.05, 4.69) is 27.3 Å². The monoisotopic (exact) mass is 260 g/mol. The Morgan fingerprint density at radius 3 is 2.12 bits per heavy atom. The Labute approximate surface area is 107 Å². The minimum atomic E-state index is -1.82. The highest BCUT2D eigenvalue weighted by molar-refractivity contribution is 6.73. The first kappa shape index (κ1) is 16.5. The SMILES string of the molecule is CCCCCCCOC(=O)O[Si](C)(CC)CC. The molecule has 0 fully saturated rings. The van der Waals surface area contributed by atoms with Crippen LogP contribution in [-0.2, 0) is 9.16 Å². The van der Waals surface area contributed by atoms with Crippen LogP contribution >= 0.6 is 0 Å². The number of rotatable bonds is 9. The molecule has 0 aliphatic heterocycles. The second-order valence-electron chi connectivity index (χ2n) is 4.77. The molecule has 0 spiro atoms. The molecule has 0 saturated heterocycles. The van der Waals surface area contributed by atoms with Crippen molar-refractivity contribution in [2.75, 3.05) is 6.61 Å². The van der Waals surface area contributed by atoms with Crippen molar-refractivity contribution in [1.82, 2.24) is 0 Å². The van der Waals surface area contributed by atoms with Crippen molar-refractivity contribution in [3.63, 3.8) is 0 Å². The molecule has 0 N–H and O–H groups in total. The molecule has 0 aromatic heterocycles. The number of hydrogen-bond acceptors (Lipinski definition) is 3. The summed E-state index contributed by atoms with van der Waals surface area (Å²) in [5.74, 6) is 0. The van der Waals surface area contributed by atoms with E-state index in [9.17, 15) is 4.79 Å². The summed E-state index contributed by atoms with van der Waals surface area (Å²) in [6.45, 7) is 8.92. The summed E-state index contributed by atoms with van der Waals surface area (Å²) in [7, 11) is -1.82. The van der Waals surface area contributed by atoms with E-state index in [1.165, 1.54) is 19.3 Å². The fourth-order valence-corrected chi connectivity index (χ4v) is 2.74. The molecule has 0 aliphatic rings. The number of unbranched alkanes of at least 4 members (excludes halogenated alkanes) is 4. The van der Waals surface area contributed by atoms with E-state index in [4.69, 9.17) is 9.16 Å². The van der Waals surface area contributed by atoms with Gasteiger partial charge in [-0.25, -0.2) is 4.79 Å². The third kappa shape index (κ3) is 8.24. The number of ether oxygens (including phenoxy) is 1. The first-order chi connectivity index (χ1) is 8.08. The fourth-order valence-electron chi connectivity index (χ4n) is 1.49. The summed E-state index contributed by atoms with van der Waals surface area (Å²) >= 11 is 0. The normalized spacial score (nSPS) is 11.3. The topological polar surface area (TPSA) is 35.5 Å². The Morgan fingerprint density at radius 2 is 1.59 bits per heavy atom. The average Bonchev–Trinajstić information content (AvgIpc) is 2.33. The van der Waals surface area contributed by atoms with Crippen molar-refractivity contribution in [2.45, 2.75) is 71.5 Å². The highest BCUT2D eigenvalue weighted by atomic mass is 28.4. The predicted octanol–water partition coefficient (Wildman–Crippen LogP) is 4.73. The zero-order valence-corrected chi connectivity index (χ0v) is 12.9. The molecular formula is C13H28O3Si. The van der Waals surface area contributed by atoms with Crippen LogP contribution in [0.25, 0.3) is 0 Å². The van der Waals surface area contributed by atoms with Gasteiger partial charge in [0.05, 0.1) is 6.61 Å². The van der Waals surface area contributed by atoms with Gasteiger partial charge in [0.25, 0.3) is 8.32 Å². The van der Waals surface area contributed by atoms with Crippen molar-refractivity contribution in [3.8, 4) is 0 Å². The molecule has 17 heavy (non-hydrogen) atoms. The molecule has 0 radical (unpaired) electrons. The summed E-state index contributed by atoms with van der Waals surface area (Å²) in [5, 5.41) is 0. The van der Waals surface area contributed by atoms with Gasteiger partial charge in [0.15, 0.2) is 0 Å². The minimum Gasteiger partial charge on any atom is -0.489 e. The Morgan fingerprint density at radius 1 is 1.00 bits per heavy atom. The molecule has 0 aromatic rings. The van der Waals surface area contributed by atoms with E-state index in [0.29, 0.717) is 6.61 Å². The third-order valence-corrected chi connectivity index (χ3v) is 6.94. The maximum absolute atomic E-state index is 11.5. The summed E-state index contributed by atoms with van der Waals surface area (Å²) in [4.78, 5) is 11.5. The summed E-state index contributed by atoms with van der Waals surface area (Å²) < 4.78 is 10.5. The standard InChI is InChI=1S/C13H28O3Si/c1-5-8-9-10-11-12-15-13(14)16-17(4,6-2)7-3/h5-12H2,1-4H3. The van der Waals surface area contributed by atoms with Gasteiger partial charge in [-0.1, -0.05) is 46.5 Å². The average molecular weight is 260 g/mol. The van der Waals surface area contributed by atoms with Crippen LogP contribution in [0, 0.1) is 0 Å². The van der Waals surface area contributed by atoms with E-state index in [1.54, 1.807) is 0 Å². The Bertz CT molecular complexity index is 203. The van der Waals surface area contributed by atoms with Crippen molar-refractivity contribution in [1.29, 1.82) is 0 Å². The van der Waals surface area contributed by atoms with Gasteiger partial charge in [-0.15, -0.1) is 0 Å². The minimum absolute atomic E-state index is 0.460. The van der Waals surface area contributed by atoms with Gasteiger partial charge in [-0.3, -0.25) is 0 Å². The van der Waals surface area contributed by atoms with Crippen molar-refractivity contribution in [3.05, 3.63) is 0 Å². The molecule has 0 saturated carbocycles. The molecule has 102 valence electrons. The van der Waals surface area contributed by atoms with Gasteiger partial charge in [-0.05, 0) is 25.1 Å². The first-order valence-electron chi connectivity index (χ1n) is 6.93. The van der Waals surface area contributed by atoms with E-state index in [1.807, 2.05) is 0 Å². The summed E-state index contributed by atoms with van der Waals surface area (Å²) in [5.41, 5.74) is 0. The smallest absolute Gasteiger partial charge is 0.489 e. The van der Waals surface area contributed by atoms with Crippen LogP contribution in [0.2, 0.25) is 18.6 Å². The second-order valence-corrected chi connectivity index (χ2v) is 9.29. The lowest BCUT2D eigenvalue weighted by molar-refractivity contribution is 0.0943. The van der Waals surface area contributed by atoms with Crippen LogP contribution < -0.4 is 0 Å². The Balaban J connectivity index is 3.59. The van der Waals surface area contributed by atoms with Crippen molar-refractivity contribution >= 4 is 14.5 Å². The third-order valence-electron chi connectivity index (χ3n) is 3.29. The quantitative estimate of drug-likeness (QED) is 0.342. The fraction of sp³-hybridized carbons (Fsp3) is 0.923. The second kappa shape index (κ2) is 9.51. The molecule has 0 amide bonds. The maximum Gasteiger partial charge on any atom is 0.494 e. The highest BCUT2D eigenvalue weighted by Gasteiger charge is 2.29. The van der Waals surface area contributed by atoms with Crippen LogP contribution in [-0.4, -0.2) is 21.1 Å². The van der Waals surface area contributed by atoms with Gasteiger partial charge < -0.3 is 9.16 Å². The predicted molar refractivity (Wildman–Crippen MR) is 73.8 cm³/mol. The van der Waals surface area contributed by atoms with Gasteiger partial charge in [-0.2, -0.15) is 0 Å². The van der Waals surface area contributed by atoms with Crippen LogP contribution in [0.1, 0.15) is 52.9 Å². The van der Waals surface area contributed by atoms with Gasteiger partial charge in [0, 0.05) is 0 Å². The van der Waals surface area contributed by atoms with E-state index in [-0.39, 0.29) is 0 Å². The van der Waals surface area contributed by atoms with Gasteiger partial charge >= 0.3 is 6.16 Å². The zero-order chi connectivity index (χ0) is 13.1. The molecule has 0 bridgehead atoms. The molecule has 4 heteroatoms. The van der Waals surface area contributed by atoms with Crippen LogP contribution in [0.5, 0.6) is 0 Å². The van der Waals surface area contributed by atoms with E-state index in [0.717, 1.165) is 24.9 Å². The van der Waals surface area contributed by atoms with Crippen LogP contribution in [0.15, 0.2) is 0 Å². The van der Waals surface area contributed by atoms with Crippen molar-refractivity contribution in [2.24, 2.45) is 0 Å². The Kier molecular flexibility index (Phi) is 9.22. The molecule has 3 nitrogen and oxygen atoms in total. The maximum atomic E-state index is 11.5. The largest absolute Gasteiger partial charge is 0.494 e. The van der Waals surface area contributed by atoms with E-state index >= 15 is 0 Å². The molecule has 0 aliphatic carbocycles. The first-order valence-corrected chi connectivity index (χ1v) is 9.76. The lowest BCUT2D eigenvalue weighted by atomic mass is 10.2. The number of carbonyl (C=O) groups excluding carboxylic acids is 1. The highest BCUT2D eigenvalue weighted by Crippen LogP contribution is 2.17. The molecule has 0 rings (SSSR count). The Hall–Kier alpha value is -0.513. The van der Waals surface area contributed by atoms with Crippen LogP contribution in [0.4, 0.5) is 4.79 Å². The molecule has 0 aromatic carbocycles. The summed E-state index contributed by atoms with van der Waals surface area (Å²) in [6, 6.07) is 1.91. The number of carbonyl (C=O) groups is 1. The summed E-state index contributed by atoms with van der Waals surface area (Å²) in [6.07, 6.45) is 5.35. The zero-order valence-electron chi connectivity index (χ0n) is 11.9. The van der Waals surface area contributed by atoms with Crippen LogP contribution in [0.3, 0.4) is 0 Å². The lowest BCUT2D eigenvalue weighted by Gasteiger charge is -2.23. The molecule has 0 heterocycles. The van der Waals surface area contributed by atoms with Gasteiger partial charge in [0.2, 0.25) is 0 Å². The van der Waals surface area contributed by atoms with Crippen molar-refractivity contribution < 1.29 is 14.0 Å².